The highest BCUT2D eigenvalue weighted by atomic mass is 35.5. The first-order chi connectivity index (χ1) is 13.0. The molecule has 0 spiro atoms. The van der Waals surface area contributed by atoms with Crippen molar-refractivity contribution in [2.24, 2.45) is 0 Å². The first-order valence-electron chi connectivity index (χ1n) is 9.40. The molecule has 1 atom stereocenters. The number of likely N-dealkylation sites (N-methyl/N-ethyl adjacent to an activating group) is 1. The van der Waals surface area contributed by atoms with Crippen molar-refractivity contribution in [1.29, 1.82) is 0 Å². The van der Waals surface area contributed by atoms with E-state index in [4.69, 9.17) is 21.1 Å². The highest BCUT2D eigenvalue weighted by molar-refractivity contribution is 6.30. The van der Waals surface area contributed by atoms with Gasteiger partial charge in [0.2, 0.25) is 0 Å². The second-order valence-corrected chi connectivity index (χ2v) is 7.52. The molecule has 0 fully saturated rings. The van der Waals surface area contributed by atoms with Crippen molar-refractivity contribution >= 4 is 11.6 Å². The van der Waals surface area contributed by atoms with E-state index in [1.165, 1.54) is 11.1 Å². The van der Waals surface area contributed by atoms with E-state index in [0.717, 1.165) is 42.5 Å². The molecule has 27 heavy (non-hydrogen) atoms. The van der Waals surface area contributed by atoms with Gasteiger partial charge in [-0.2, -0.15) is 0 Å². The number of methoxy groups -OCH3 is 1. The predicted molar refractivity (Wildman–Crippen MR) is 113 cm³/mol. The quantitative estimate of drug-likeness (QED) is 0.616. The van der Waals surface area contributed by atoms with Crippen molar-refractivity contribution in [2.45, 2.75) is 32.4 Å². The zero-order valence-electron chi connectivity index (χ0n) is 16.8. The van der Waals surface area contributed by atoms with E-state index in [0.29, 0.717) is 12.6 Å². The van der Waals surface area contributed by atoms with Crippen LogP contribution in [-0.2, 0) is 13.0 Å². The van der Waals surface area contributed by atoms with E-state index in [1.807, 2.05) is 32.3 Å². The van der Waals surface area contributed by atoms with Gasteiger partial charge in [0.25, 0.3) is 0 Å². The number of benzene rings is 2. The maximum absolute atomic E-state index is 5.93. The fourth-order valence-corrected chi connectivity index (χ4v) is 2.83. The fraction of sp³-hybridized carbons (Fsp3) is 0.455. The van der Waals surface area contributed by atoms with Gasteiger partial charge in [-0.15, -0.1) is 0 Å². The zero-order valence-corrected chi connectivity index (χ0v) is 17.6. The lowest BCUT2D eigenvalue weighted by Crippen LogP contribution is -2.25. The molecule has 0 heterocycles. The highest BCUT2D eigenvalue weighted by Crippen LogP contribution is 2.28. The van der Waals surface area contributed by atoms with Crippen molar-refractivity contribution in [2.75, 3.05) is 34.4 Å². The van der Waals surface area contributed by atoms with Crippen LogP contribution in [0.3, 0.4) is 0 Å². The molecule has 0 aromatic heterocycles. The summed E-state index contributed by atoms with van der Waals surface area (Å²) in [4.78, 5) is 2.10. The number of nitrogens with zero attached hydrogens (tertiary/aromatic N) is 1. The van der Waals surface area contributed by atoms with Gasteiger partial charge in [-0.3, -0.25) is 0 Å². The summed E-state index contributed by atoms with van der Waals surface area (Å²) in [6.45, 7) is 4.59. The Labute approximate surface area is 168 Å². The first-order valence-corrected chi connectivity index (χ1v) is 9.78. The molecule has 148 valence electrons. The molecule has 1 N–H and O–H groups in total. The molecular formula is C22H31ClN2O2. The third-order valence-corrected chi connectivity index (χ3v) is 4.71. The van der Waals surface area contributed by atoms with E-state index in [9.17, 15) is 0 Å². The van der Waals surface area contributed by atoms with Crippen LogP contribution in [0, 0.1) is 0 Å². The smallest absolute Gasteiger partial charge is 0.161 e. The first kappa shape index (κ1) is 21.5. The molecule has 2 aromatic rings. The Kier molecular flexibility index (Phi) is 8.92. The van der Waals surface area contributed by atoms with Crippen LogP contribution in [0.4, 0.5) is 0 Å². The van der Waals surface area contributed by atoms with Crippen LogP contribution in [0.2, 0.25) is 5.02 Å². The zero-order chi connectivity index (χ0) is 19.6. The average molecular weight is 391 g/mol. The summed E-state index contributed by atoms with van der Waals surface area (Å²) in [6.07, 6.45) is 2.04. The Balaban J connectivity index is 1.81. The third kappa shape index (κ3) is 7.79. The molecule has 4 nitrogen and oxygen atoms in total. The Morgan fingerprint density at radius 2 is 1.74 bits per heavy atom. The fourth-order valence-electron chi connectivity index (χ4n) is 2.70. The van der Waals surface area contributed by atoms with Gasteiger partial charge in [0, 0.05) is 24.2 Å². The molecule has 2 rings (SSSR count). The van der Waals surface area contributed by atoms with Crippen LogP contribution >= 0.6 is 11.6 Å². The SMILES string of the molecule is COc1cc(CC[C@@H](C)NCc2ccc(Cl)cc2)ccc1OCCN(C)C. The van der Waals surface area contributed by atoms with Crippen molar-refractivity contribution < 1.29 is 9.47 Å². The average Bonchev–Trinajstić information content (AvgIpc) is 2.66. The van der Waals surface area contributed by atoms with Gasteiger partial charge in [-0.25, -0.2) is 0 Å². The number of hydrogen-bond donors (Lipinski definition) is 1. The van der Waals surface area contributed by atoms with Crippen LogP contribution in [-0.4, -0.2) is 45.3 Å². The monoisotopic (exact) mass is 390 g/mol. The van der Waals surface area contributed by atoms with Crippen molar-refractivity contribution in [3.63, 3.8) is 0 Å². The summed E-state index contributed by atoms with van der Waals surface area (Å²) < 4.78 is 11.3. The van der Waals surface area contributed by atoms with Gasteiger partial charge < -0.3 is 19.7 Å². The van der Waals surface area contributed by atoms with Crippen molar-refractivity contribution in [1.82, 2.24) is 10.2 Å². The lowest BCUT2D eigenvalue weighted by molar-refractivity contribution is 0.250. The Hall–Kier alpha value is -1.75. The summed E-state index contributed by atoms with van der Waals surface area (Å²) in [5.41, 5.74) is 2.50. The summed E-state index contributed by atoms with van der Waals surface area (Å²) in [7, 11) is 5.76. The molecule has 0 amide bonds. The Morgan fingerprint density at radius 3 is 2.41 bits per heavy atom. The number of aryl methyl sites for hydroxylation is 1. The molecule has 0 aliphatic rings. The number of nitrogens with one attached hydrogen (secondary N) is 1. The molecule has 0 radical (unpaired) electrons. The van der Waals surface area contributed by atoms with Gasteiger partial charge >= 0.3 is 0 Å². The predicted octanol–water partition coefficient (Wildman–Crippen LogP) is 4.40. The van der Waals surface area contributed by atoms with Crippen LogP contribution < -0.4 is 14.8 Å². The summed E-state index contributed by atoms with van der Waals surface area (Å²) in [5, 5.41) is 4.34. The van der Waals surface area contributed by atoms with Gasteiger partial charge in [0.05, 0.1) is 7.11 Å². The van der Waals surface area contributed by atoms with Crippen LogP contribution in [0.25, 0.3) is 0 Å². The second-order valence-electron chi connectivity index (χ2n) is 7.08. The van der Waals surface area contributed by atoms with Gasteiger partial charge in [-0.05, 0) is 69.3 Å². The van der Waals surface area contributed by atoms with Crippen LogP contribution in [0.15, 0.2) is 42.5 Å². The number of hydrogen-bond acceptors (Lipinski definition) is 4. The molecule has 2 aromatic carbocycles. The number of rotatable bonds is 11. The van der Waals surface area contributed by atoms with E-state index in [2.05, 4.69) is 41.4 Å². The van der Waals surface area contributed by atoms with Crippen molar-refractivity contribution in [3.05, 3.63) is 58.6 Å². The lowest BCUT2D eigenvalue weighted by Gasteiger charge is -2.16. The molecule has 0 aliphatic heterocycles. The summed E-state index contributed by atoms with van der Waals surface area (Å²) in [6, 6.07) is 14.6. The minimum atomic E-state index is 0.419. The largest absolute Gasteiger partial charge is 0.493 e. The molecule has 5 heteroatoms. The van der Waals surface area contributed by atoms with E-state index in [-0.39, 0.29) is 0 Å². The second kappa shape index (κ2) is 11.2. The highest BCUT2D eigenvalue weighted by Gasteiger charge is 2.08. The molecule has 0 saturated carbocycles. The topological polar surface area (TPSA) is 33.7 Å². The van der Waals surface area contributed by atoms with Crippen molar-refractivity contribution in [3.8, 4) is 11.5 Å². The number of halogens is 1. The lowest BCUT2D eigenvalue weighted by atomic mass is 10.1. The van der Waals surface area contributed by atoms with Crippen LogP contribution in [0.5, 0.6) is 11.5 Å². The van der Waals surface area contributed by atoms with E-state index >= 15 is 0 Å². The summed E-state index contributed by atoms with van der Waals surface area (Å²) in [5.74, 6) is 1.60. The third-order valence-electron chi connectivity index (χ3n) is 4.46. The Morgan fingerprint density at radius 1 is 1.04 bits per heavy atom. The molecule has 0 unspecified atom stereocenters. The van der Waals surface area contributed by atoms with E-state index in [1.54, 1.807) is 7.11 Å². The molecule has 0 bridgehead atoms. The standard InChI is InChI=1S/C22H31ClN2O2/c1-17(24-16-19-7-10-20(23)11-8-19)5-6-18-9-12-21(22(15-18)26-4)27-14-13-25(2)3/h7-12,15,17,24H,5-6,13-14,16H2,1-4H3/t17-/m1/s1. The maximum Gasteiger partial charge on any atom is 0.161 e. The minimum absolute atomic E-state index is 0.419. The van der Waals surface area contributed by atoms with Gasteiger partial charge in [0.1, 0.15) is 6.61 Å². The number of ether oxygens (including phenoxy) is 2. The normalized spacial score (nSPS) is 12.2. The van der Waals surface area contributed by atoms with Gasteiger partial charge in [0.15, 0.2) is 11.5 Å². The summed E-state index contributed by atoms with van der Waals surface area (Å²) >= 11 is 5.93. The molecule has 0 aliphatic carbocycles. The van der Waals surface area contributed by atoms with Gasteiger partial charge in [-0.1, -0.05) is 29.8 Å². The van der Waals surface area contributed by atoms with Crippen LogP contribution in [0.1, 0.15) is 24.5 Å². The molecule has 0 saturated heterocycles. The minimum Gasteiger partial charge on any atom is -0.493 e. The van der Waals surface area contributed by atoms with E-state index < -0.39 is 0 Å². The maximum atomic E-state index is 5.93. The Bertz CT molecular complexity index is 689. The molecular weight excluding hydrogens is 360 g/mol.